The minimum atomic E-state index is -0.960. The third-order valence-electron chi connectivity index (χ3n) is 2.51. The lowest BCUT2D eigenvalue weighted by Gasteiger charge is -2.06. The molecule has 0 spiro atoms. The number of aryl methyl sites for hydroxylation is 1. The average Bonchev–Trinajstić information content (AvgIpc) is 2.85. The molecule has 1 aromatic carbocycles. The normalized spacial score (nSPS) is 10.4. The van der Waals surface area contributed by atoms with Crippen LogP contribution in [-0.4, -0.2) is 31.3 Å². The highest BCUT2D eigenvalue weighted by molar-refractivity contribution is 5.87. The molecule has 0 aliphatic rings. The number of hydrogen-bond donors (Lipinski definition) is 1. The van der Waals surface area contributed by atoms with Crippen LogP contribution in [0.2, 0.25) is 0 Å². The second kappa shape index (κ2) is 5.94. The van der Waals surface area contributed by atoms with Crippen molar-refractivity contribution < 1.29 is 14.6 Å². The molecule has 2 aromatic rings. The Kier molecular flexibility index (Phi) is 4.07. The van der Waals surface area contributed by atoms with Gasteiger partial charge in [-0.2, -0.15) is 0 Å². The third-order valence-corrected chi connectivity index (χ3v) is 2.51. The molecule has 0 amide bonds. The molecule has 7 nitrogen and oxygen atoms in total. The van der Waals surface area contributed by atoms with Crippen molar-refractivity contribution in [2.75, 3.05) is 0 Å². The van der Waals surface area contributed by atoms with E-state index in [9.17, 15) is 4.79 Å². The van der Waals surface area contributed by atoms with Crippen LogP contribution in [0.5, 0.6) is 5.75 Å². The first kappa shape index (κ1) is 13.0. The van der Waals surface area contributed by atoms with Gasteiger partial charge in [0.05, 0.1) is 5.56 Å². The van der Waals surface area contributed by atoms with Gasteiger partial charge in [0.2, 0.25) is 0 Å². The topological polar surface area (TPSA) is 90.1 Å². The first-order valence-corrected chi connectivity index (χ1v) is 5.92. The van der Waals surface area contributed by atoms with Crippen LogP contribution in [0.1, 0.15) is 29.5 Å². The summed E-state index contributed by atoms with van der Waals surface area (Å²) in [5, 5.41) is 20.1. The number of aromatic nitrogens is 4. The summed E-state index contributed by atoms with van der Waals surface area (Å²) in [5.74, 6) is 0.263. The molecule has 0 saturated carbocycles. The molecule has 2 rings (SSSR count). The fourth-order valence-corrected chi connectivity index (χ4v) is 1.55. The van der Waals surface area contributed by atoms with Crippen molar-refractivity contribution in [3.63, 3.8) is 0 Å². The molecule has 1 heterocycles. The zero-order valence-electron chi connectivity index (χ0n) is 10.5. The van der Waals surface area contributed by atoms with Gasteiger partial charge in [-0.1, -0.05) is 6.92 Å². The van der Waals surface area contributed by atoms with Gasteiger partial charge in [-0.25, -0.2) is 9.48 Å². The maximum absolute atomic E-state index is 10.7. The van der Waals surface area contributed by atoms with Gasteiger partial charge < -0.3 is 9.84 Å². The van der Waals surface area contributed by atoms with Crippen LogP contribution in [0, 0.1) is 0 Å². The van der Waals surface area contributed by atoms with Crippen LogP contribution in [0.4, 0.5) is 0 Å². The summed E-state index contributed by atoms with van der Waals surface area (Å²) in [6.45, 7) is 3.03. The first-order chi connectivity index (χ1) is 9.20. The summed E-state index contributed by atoms with van der Waals surface area (Å²) in [5.41, 5.74) is 0.225. The Labute approximate surface area is 109 Å². The number of aromatic carboxylic acids is 1. The van der Waals surface area contributed by atoms with Crippen molar-refractivity contribution in [1.29, 1.82) is 0 Å². The molecule has 1 aromatic heterocycles. The zero-order valence-corrected chi connectivity index (χ0v) is 10.5. The summed E-state index contributed by atoms with van der Waals surface area (Å²) in [4.78, 5) is 10.7. The number of hydrogen-bond acceptors (Lipinski definition) is 5. The molecule has 0 aliphatic carbocycles. The van der Waals surface area contributed by atoms with E-state index in [2.05, 4.69) is 15.5 Å². The number of tetrazole rings is 1. The van der Waals surface area contributed by atoms with Gasteiger partial charge in [-0.05, 0) is 41.1 Å². The average molecular weight is 262 g/mol. The highest BCUT2D eigenvalue weighted by Gasteiger charge is 2.07. The largest absolute Gasteiger partial charge is 0.486 e. The van der Waals surface area contributed by atoms with Crippen molar-refractivity contribution in [3.8, 4) is 5.75 Å². The number of ether oxygens (including phenoxy) is 1. The highest BCUT2D eigenvalue weighted by atomic mass is 16.5. The van der Waals surface area contributed by atoms with Gasteiger partial charge in [-0.3, -0.25) is 0 Å². The van der Waals surface area contributed by atoms with Gasteiger partial charge >= 0.3 is 5.97 Å². The Bertz CT molecular complexity index is 550. The summed E-state index contributed by atoms with van der Waals surface area (Å²) >= 11 is 0. The standard InChI is InChI=1S/C12H14N4O3/c1-2-7-16-11(13-14-15-16)8-19-10-5-3-9(4-6-10)12(17)18/h3-6H,2,7-8H2,1H3,(H,17,18). The lowest BCUT2D eigenvalue weighted by molar-refractivity contribution is 0.0697. The summed E-state index contributed by atoms with van der Waals surface area (Å²) in [6, 6.07) is 6.20. The van der Waals surface area contributed by atoms with E-state index in [1.807, 2.05) is 6.92 Å². The van der Waals surface area contributed by atoms with E-state index in [1.165, 1.54) is 12.1 Å². The second-order valence-corrected chi connectivity index (χ2v) is 3.94. The van der Waals surface area contributed by atoms with Gasteiger partial charge in [0, 0.05) is 6.54 Å². The van der Waals surface area contributed by atoms with Crippen molar-refractivity contribution in [2.45, 2.75) is 26.5 Å². The monoisotopic (exact) mass is 262 g/mol. The zero-order chi connectivity index (χ0) is 13.7. The minimum Gasteiger partial charge on any atom is -0.486 e. The molecule has 1 N–H and O–H groups in total. The van der Waals surface area contributed by atoms with E-state index in [0.717, 1.165) is 13.0 Å². The Morgan fingerprint density at radius 3 is 2.74 bits per heavy atom. The highest BCUT2D eigenvalue weighted by Crippen LogP contribution is 2.13. The summed E-state index contributed by atoms with van der Waals surface area (Å²) < 4.78 is 7.20. The summed E-state index contributed by atoms with van der Waals surface area (Å²) in [6.07, 6.45) is 0.936. The van der Waals surface area contributed by atoms with E-state index in [4.69, 9.17) is 9.84 Å². The van der Waals surface area contributed by atoms with Crippen molar-refractivity contribution in [1.82, 2.24) is 20.2 Å². The quantitative estimate of drug-likeness (QED) is 0.845. The molecule has 0 saturated heterocycles. The van der Waals surface area contributed by atoms with Gasteiger partial charge in [0.15, 0.2) is 5.82 Å². The van der Waals surface area contributed by atoms with Crippen LogP contribution < -0.4 is 4.74 Å². The number of benzene rings is 1. The van der Waals surface area contributed by atoms with Crippen LogP contribution in [0.3, 0.4) is 0 Å². The second-order valence-electron chi connectivity index (χ2n) is 3.94. The van der Waals surface area contributed by atoms with Crippen LogP contribution >= 0.6 is 0 Å². The van der Waals surface area contributed by atoms with E-state index in [0.29, 0.717) is 11.6 Å². The maximum Gasteiger partial charge on any atom is 0.335 e. The molecule has 100 valence electrons. The lowest BCUT2D eigenvalue weighted by Crippen LogP contribution is -2.08. The fraction of sp³-hybridized carbons (Fsp3) is 0.333. The maximum atomic E-state index is 10.7. The Morgan fingerprint density at radius 1 is 1.37 bits per heavy atom. The molecule has 0 radical (unpaired) electrons. The molecule has 0 bridgehead atoms. The van der Waals surface area contributed by atoms with E-state index in [1.54, 1.807) is 16.8 Å². The molecule has 0 unspecified atom stereocenters. The molecule has 0 atom stereocenters. The fourth-order valence-electron chi connectivity index (χ4n) is 1.55. The Hall–Kier alpha value is -2.44. The van der Waals surface area contributed by atoms with Crippen molar-refractivity contribution in [3.05, 3.63) is 35.7 Å². The minimum absolute atomic E-state index is 0.225. The number of nitrogens with zero attached hydrogens (tertiary/aromatic N) is 4. The van der Waals surface area contributed by atoms with Crippen LogP contribution in [-0.2, 0) is 13.2 Å². The van der Waals surface area contributed by atoms with E-state index in [-0.39, 0.29) is 12.2 Å². The number of carbonyl (C=O) groups is 1. The van der Waals surface area contributed by atoms with Gasteiger partial charge in [-0.15, -0.1) is 5.10 Å². The van der Waals surface area contributed by atoms with Crippen LogP contribution in [0.25, 0.3) is 0 Å². The molecular formula is C12H14N4O3. The molecule has 0 aliphatic heterocycles. The number of carboxylic acids is 1. The number of rotatable bonds is 6. The molecule has 19 heavy (non-hydrogen) atoms. The van der Waals surface area contributed by atoms with Gasteiger partial charge in [0.25, 0.3) is 0 Å². The molecular weight excluding hydrogens is 248 g/mol. The Morgan fingerprint density at radius 2 is 2.11 bits per heavy atom. The van der Waals surface area contributed by atoms with E-state index >= 15 is 0 Å². The summed E-state index contributed by atoms with van der Waals surface area (Å²) in [7, 11) is 0. The Balaban J connectivity index is 1.98. The van der Waals surface area contributed by atoms with Crippen LogP contribution in [0.15, 0.2) is 24.3 Å². The van der Waals surface area contributed by atoms with Crippen molar-refractivity contribution >= 4 is 5.97 Å². The third kappa shape index (κ3) is 3.27. The van der Waals surface area contributed by atoms with Crippen molar-refractivity contribution in [2.24, 2.45) is 0 Å². The lowest BCUT2D eigenvalue weighted by atomic mass is 10.2. The SMILES string of the molecule is CCCn1nnnc1COc1ccc(C(=O)O)cc1. The van der Waals surface area contributed by atoms with Gasteiger partial charge in [0.1, 0.15) is 12.4 Å². The predicted octanol–water partition coefficient (Wildman–Crippen LogP) is 1.36. The van der Waals surface area contributed by atoms with E-state index < -0.39 is 5.97 Å². The molecule has 7 heteroatoms. The predicted molar refractivity (Wildman–Crippen MR) is 65.8 cm³/mol. The smallest absolute Gasteiger partial charge is 0.335 e. The number of carboxylic acid groups (broad SMARTS) is 1. The molecule has 0 fully saturated rings. The first-order valence-electron chi connectivity index (χ1n) is 5.92.